The van der Waals surface area contributed by atoms with Gasteiger partial charge in [-0.25, -0.2) is 0 Å². The quantitative estimate of drug-likeness (QED) is 0.572. The van der Waals surface area contributed by atoms with E-state index < -0.39 is 0 Å². The molecule has 2 rings (SSSR count). The summed E-state index contributed by atoms with van der Waals surface area (Å²) in [4.78, 5) is 14.7. The Bertz CT molecular complexity index is 549. The zero-order chi connectivity index (χ0) is 14.4. The highest BCUT2D eigenvalue weighted by Crippen LogP contribution is 2.19. The van der Waals surface area contributed by atoms with E-state index in [2.05, 4.69) is 0 Å². The van der Waals surface area contributed by atoms with Crippen molar-refractivity contribution in [1.82, 2.24) is 0 Å². The summed E-state index contributed by atoms with van der Waals surface area (Å²) in [6, 6.07) is 11.7. The van der Waals surface area contributed by atoms with Crippen LogP contribution in [-0.4, -0.2) is 26.5 Å². The van der Waals surface area contributed by atoms with Crippen LogP contribution in [0.2, 0.25) is 0 Å². The summed E-state index contributed by atoms with van der Waals surface area (Å²) in [5.41, 5.74) is 1.11. The van der Waals surface area contributed by atoms with E-state index in [0.29, 0.717) is 13.0 Å². The molecule has 0 fully saturated rings. The van der Waals surface area contributed by atoms with Gasteiger partial charge in [0.15, 0.2) is 5.78 Å². The van der Waals surface area contributed by atoms with Crippen LogP contribution in [0.1, 0.15) is 22.5 Å². The average Bonchev–Trinajstić information content (AvgIpc) is 2.98. The monoisotopic (exact) mass is 289 g/mol. The second kappa shape index (κ2) is 7.10. The van der Waals surface area contributed by atoms with E-state index in [-0.39, 0.29) is 5.78 Å². The number of nitrogens with zero attached hydrogens (tertiary/aromatic N) is 1. The van der Waals surface area contributed by atoms with Gasteiger partial charge in [0.25, 0.3) is 0 Å². The maximum atomic E-state index is 11.8. The van der Waals surface area contributed by atoms with E-state index in [1.807, 2.05) is 60.8 Å². The summed E-state index contributed by atoms with van der Waals surface area (Å²) in [7, 11) is 4.00. The zero-order valence-corrected chi connectivity index (χ0v) is 12.7. The molecule has 0 atom stereocenters. The average molecular weight is 289 g/mol. The summed E-state index contributed by atoms with van der Waals surface area (Å²) in [6.45, 7) is 0.563. The minimum absolute atomic E-state index is 0.200. The summed E-state index contributed by atoms with van der Waals surface area (Å²) < 4.78 is 5.69. The van der Waals surface area contributed by atoms with Gasteiger partial charge in [-0.15, -0.1) is 11.3 Å². The fraction of sp³-hybridized carbons (Fsp3) is 0.312. The maximum absolute atomic E-state index is 11.8. The molecule has 106 valence electrons. The Morgan fingerprint density at radius 1 is 1.25 bits per heavy atom. The molecule has 0 unspecified atom stereocenters. The van der Waals surface area contributed by atoms with Gasteiger partial charge < -0.3 is 9.64 Å². The summed E-state index contributed by atoms with van der Waals surface area (Å²) in [5.74, 6) is 1.05. The summed E-state index contributed by atoms with van der Waals surface area (Å²) in [6.07, 6.45) is 1.27. The fourth-order valence-electron chi connectivity index (χ4n) is 1.83. The van der Waals surface area contributed by atoms with Gasteiger partial charge in [0, 0.05) is 32.3 Å². The molecule has 0 aliphatic heterocycles. The molecule has 3 nitrogen and oxygen atoms in total. The Morgan fingerprint density at radius 3 is 2.80 bits per heavy atom. The third-order valence-corrected chi connectivity index (χ3v) is 3.86. The first-order valence-electron chi connectivity index (χ1n) is 6.64. The van der Waals surface area contributed by atoms with Crippen LogP contribution >= 0.6 is 11.3 Å². The van der Waals surface area contributed by atoms with Crippen molar-refractivity contribution in [3.05, 3.63) is 46.7 Å². The number of thiophene rings is 1. The van der Waals surface area contributed by atoms with Crippen LogP contribution < -0.4 is 9.64 Å². The molecule has 0 aliphatic rings. The topological polar surface area (TPSA) is 29.5 Å². The van der Waals surface area contributed by atoms with Crippen LogP contribution in [0.4, 0.5) is 5.69 Å². The number of ketones is 1. The SMILES string of the molecule is CN(C)c1cccc(OCCCC(=O)c2cccs2)c1. The first kappa shape index (κ1) is 14.6. The number of Topliss-reactive ketones (excluding diaryl/α,β-unsaturated/α-hetero) is 1. The number of anilines is 1. The Morgan fingerprint density at radius 2 is 2.10 bits per heavy atom. The lowest BCUT2D eigenvalue weighted by atomic mass is 10.2. The van der Waals surface area contributed by atoms with Crippen molar-refractivity contribution >= 4 is 22.8 Å². The molecule has 0 radical (unpaired) electrons. The van der Waals surface area contributed by atoms with Gasteiger partial charge in [-0.3, -0.25) is 4.79 Å². The van der Waals surface area contributed by atoms with Crippen LogP contribution in [0.3, 0.4) is 0 Å². The molecule has 2 aromatic rings. The number of hydrogen-bond acceptors (Lipinski definition) is 4. The molecule has 20 heavy (non-hydrogen) atoms. The van der Waals surface area contributed by atoms with Crippen molar-refractivity contribution in [3.8, 4) is 5.75 Å². The molecule has 1 aromatic carbocycles. The highest BCUT2D eigenvalue weighted by atomic mass is 32.1. The smallest absolute Gasteiger partial charge is 0.172 e. The molecular weight excluding hydrogens is 270 g/mol. The number of hydrogen-bond donors (Lipinski definition) is 0. The largest absolute Gasteiger partial charge is 0.494 e. The van der Waals surface area contributed by atoms with Crippen molar-refractivity contribution in [2.45, 2.75) is 12.8 Å². The Labute approximate surface area is 123 Å². The van der Waals surface area contributed by atoms with Crippen molar-refractivity contribution in [1.29, 1.82) is 0 Å². The normalized spacial score (nSPS) is 10.3. The summed E-state index contributed by atoms with van der Waals surface area (Å²) >= 11 is 1.49. The van der Waals surface area contributed by atoms with Crippen LogP contribution in [0, 0.1) is 0 Å². The molecule has 0 spiro atoms. The van der Waals surface area contributed by atoms with Crippen molar-refractivity contribution in [3.63, 3.8) is 0 Å². The van der Waals surface area contributed by atoms with Gasteiger partial charge in [-0.2, -0.15) is 0 Å². The number of benzene rings is 1. The first-order chi connectivity index (χ1) is 9.66. The van der Waals surface area contributed by atoms with E-state index in [1.165, 1.54) is 11.3 Å². The third-order valence-electron chi connectivity index (χ3n) is 2.95. The number of carbonyl (C=O) groups excluding carboxylic acids is 1. The van der Waals surface area contributed by atoms with E-state index in [1.54, 1.807) is 0 Å². The molecule has 0 saturated carbocycles. The van der Waals surface area contributed by atoms with Crippen LogP contribution in [0.25, 0.3) is 0 Å². The highest BCUT2D eigenvalue weighted by molar-refractivity contribution is 7.12. The first-order valence-corrected chi connectivity index (χ1v) is 7.51. The maximum Gasteiger partial charge on any atom is 0.172 e. The zero-order valence-electron chi connectivity index (χ0n) is 11.8. The number of carbonyl (C=O) groups is 1. The van der Waals surface area contributed by atoms with Gasteiger partial charge in [0.2, 0.25) is 0 Å². The van der Waals surface area contributed by atoms with Crippen LogP contribution in [0.15, 0.2) is 41.8 Å². The lowest BCUT2D eigenvalue weighted by Gasteiger charge is -2.14. The minimum Gasteiger partial charge on any atom is -0.494 e. The molecule has 0 N–H and O–H groups in total. The van der Waals surface area contributed by atoms with Gasteiger partial charge in [0.1, 0.15) is 5.75 Å². The molecule has 0 saturated heterocycles. The number of rotatable bonds is 7. The third kappa shape index (κ3) is 4.10. The Hall–Kier alpha value is -1.81. The van der Waals surface area contributed by atoms with Crippen molar-refractivity contribution in [2.75, 3.05) is 25.6 Å². The van der Waals surface area contributed by atoms with Gasteiger partial charge in [-0.1, -0.05) is 12.1 Å². The molecule has 0 amide bonds. The predicted molar refractivity (Wildman–Crippen MR) is 84.1 cm³/mol. The predicted octanol–water partition coefficient (Wildman–Crippen LogP) is 3.86. The lowest BCUT2D eigenvalue weighted by Crippen LogP contribution is -2.08. The van der Waals surface area contributed by atoms with Gasteiger partial charge in [-0.05, 0) is 30.0 Å². The van der Waals surface area contributed by atoms with Gasteiger partial charge >= 0.3 is 0 Å². The molecule has 4 heteroatoms. The second-order valence-electron chi connectivity index (χ2n) is 4.74. The standard InChI is InChI=1S/C16H19NO2S/c1-17(2)13-6-3-7-14(12-13)19-10-4-8-15(18)16-9-5-11-20-16/h3,5-7,9,11-12H,4,8,10H2,1-2H3. The summed E-state index contributed by atoms with van der Waals surface area (Å²) in [5, 5.41) is 1.93. The molecule has 0 bridgehead atoms. The van der Waals surface area contributed by atoms with E-state index in [0.717, 1.165) is 22.7 Å². The second-order valence-corrected chi connectivity index (χ2v) is 5.69. The van der Waals surface area contributed by atoms with E-state index >= 15 is 0 Å². The molecule has 0 aliphatic carbocycles. The van der Waals surface area contributed by atoms with Crippen molar-refractivity contribution < 1.29 is 9.53 Å². The molecular formula is C16H19NO2S. The van der Waals surface area contributed by atoms with E-state index in [4.69, 9.17) is 4.74 Å². The highest BCUT2D eigenvalue weighted by Gasteiger charge is 2.06. The van der Waals surface area contributed by atoms with Crippen molar-refractivity contribution in [2.24, 2.45) is 0 Å². The van der Waals surface area contributed by atoms with E-state index in [9.17, 15) is 4.79 Å². The lowest BCUT2D eigenvalue weighted by molar-refractivity contribution is 0.0977. The fourth-order valence-corrected chi connectivity index (χ4v) is 2.53. The van der Waals surface area contributed by atoms with Crippen LogP contribution in [-0.2, 0) is 0 Å². The minimum atomic E-state index is 0.200. The number of ether oxygens (including phenoxy) is 1. The van der Waals surface area contributed by atoms with Gasteiger partial charge in [0.05, 0.1) is 11.5 Å². The Kier molecular flexibility index (Phi) is 5.18. The molecule has 1 aromatic heterocycles. The van der Waals surface area contributed by atoms with Crippen LogP contribution in [0.5, 0.6) is 5.75 Å². The molecule has 1 heterocycles. The Balaban J connectivity index is 1.76.